The van der Waals surface area contributed by atoms with Crippen molar-refractivity contribution in [2.24, 2.45) is 22.1 Å². The van der Waals surface area contributed by atoms with Crippen LogP contribution < -0.4 is 19.7 Å². The second-order valence-electron chi connectivity index (χ2n) is 14.1. The van der Waals surface area contributed by atoms with Crippen molar-refractivity contribution < 1.29 is 23.3 Å². The molecular weight excluding hydrogens is 633 g/mol. The predicted molar refractivity (Wildman–Crippen MR) is 188 cm³/mol. The maximum Gasteiger partial charge on any atom is 0.327 e. The van der Waals surface area contributed by atoms with Gasteiger partial charge in [-0.2, -0.15) is 0 Å². The van der Waals surface area contributed by atoms with E-state index < -0.39 is 21.9 Å². The van der Waals surface area contributed by atoms with Crippen LogP contribution in [0.1, 0.15) is 66.1 Å². The fourth-order valence-electron chi connectivity index (χ4n) is 7.58. The lowest BCUT2D eigenvalue weighted by atomic mass is 9.70. The summed E-state index contributed by atoms with van der Waals surface area (Å²) in [5.41, 5.74) is 5.16. The molecule has 3 aliphatic heterocycles. The molecule has 7 rings (SSSR count). The van der Waals surface area contributed by atoms with Crippen molar-refractivity contribution in [1.29, 1.82) is 0 Å². The number of anilines is 1. The van der Waals surface area contributed by atoms with Crippen molar-refractivity contribution >= 4 is 39.3 Å². The molecule has 1 spiro atoms. The molecule has 47 heavy (non-hydrogen) atoms. The number of carbonyl (C=O) groups excluding carboxylic acids is 2. The number of aryl methyl sites for hydroxylation is 2. The van der Waals surface area contributed by atoms with Crippen molar-refractivity contribution in [3.05, 3.63) is 70.8 Å². The molecule has 0 saturated heterocycles. The average molecular weight is 679 g/mol. The van der Waals surface area contributed by atoms with Gasteiger partial charge in [0.15, 0.2) is 0 Å². The highest BCUT2D eigenvalue weighted by molar-refractivity contribution is 8.00. The molecule has 5 aliphatic rings. The second-order valence-corrected chi connectivity index (χ2v) is 17.6. The summed E-state index contributed by atoms with van der Waals surface area (Å²) in [5.74, 6) is 1.90. The van der Waals surface area contributed by atoms with E-state index in [2.05, 4.69) is 56.6 Å². The van der Waals surface area contributed by atoms with Crippen LogP contribution in [0.3, 0.4) is 0 Å². The van der Waals surface area contributed by atoms with Crippen LogP contribution >= 0.6 is 11.8 Å². The zero-order chi connectivity index (χ0) is 32.8. The van der Waals surface area contributed by atoms with Crippen LogP contribution in [0.4, 0.5) is 10.5 Å². The van der Waals surface area contributed by atoms with Crippen LogP contribution in [0, 0.1) is 24.7 Å². The Labute approximate surface area is 282 Å². The molecule has 3 heterocycles. The van der Waals surface area contributed by atoms with Gasteiger partial charge in [0.05, 0.1) is 22.3 Å². The van der Waals surface area contributed by atoms with Gasteiger partial charge in [0.1, 0.15) is 22.3 Å². The number of amides is 3. The number of ether oxygens (including phenoxy) is 2. The van der Waals surface area contributed by atoms with E-state index in [1.807, 2.05) is 30.8 Å². The van der Waals surface area contributed by atoms with Crippen molar-refractivity contribution in [3.8, 4) is 5.75 Å². The van der Waals surface area contributed by atoms with E-state index >= 15 is 0 Å². The number of fused-ring (bicyclic) bond motifs is 4. The second kappa shape index (κ2) is 13.1. The SMILES string of the molecule is CO[C@H]1/C=C/C[C@H](C)C[S@@](=O)(NC(=O)NC2CC2)=NC(=O)c2ccc3c(c2)N(C[C@@H]2CC[C@H]21)C[C@]1(CO3)SCCc2cc(C)ccc21. The first-order valence-electron chi connectivity index (χ1n) is 17.0. The summed E-state index contributed by atoms with van der Waals surface area (Å²) in [6.45, 7) is 6.19. The maximum absolute atomic E-state index is 14.2. The van der Waals surface area contributed by atoms with Gasteiger partial charge in [-0.25, -0.2) is 9.00 Å². The third-order valence-corrected chi connectivity index (χ3v) is 13.8. The Kier molecular flexibility index (Phi) is 9.08. The number of hydrogen-bond acceptors (Lipinski definition) is 7. The zero-order valence-electron chi connectivity index (χ0n) is 27.5. The summed E-state index contributed by atoms with van der Waals surface area (Å²) in [4.78, 5) is 29.0. The van der Waals surface area contributed by atoms with Crippen LogP contribution in [-0.2, 0) is 25.8 Å². The number of allylic oxidation sites excluding steroid dienone is 1. The summed E-state index contributed by atoms with van der Waals surface area (Å²) in [6.07, 6.45) is 9.88. The van der Waals surface area contributed by atoms with E-state index in [4.69, 9.17) is 9.47 Å². The smallest absolute Gasteiger partial charge is 0.327 e. The zero-order valence-corrected chi connectivity index (χ0v) is 29.2. The number of hydrogen-bond donors (Lipinski definition) is 2. The lowest BCUT2D eigenvalue weighted by Gasteiger charge is -2.45. The van der Waals surface area contributed by atoms with Crippen LogP contribution in [-0.4, -0.2) is 66.6 Å². The fourth-order valence-corrected chi connectivity index (χ4v) is 10.9. The number of nitrogens with zero attached hydrogens (tertiary/aromatic N) is 2. The lowest BCUT2D eigenvalue weighted by Crippen LogP contribution is -2.48. The summed E-state index contributed by atoms with van der Waals surface area (Å²) in [6, 6.07) is 11.7. The normalized spacial score (nSPS) is 32.8. The van der Waals surface area contributed by atoms with E-state index in [9.17, 15) is 13.8 Å². The Balaban J connectivity index is 1.29. The molecule has 2 aromatic carbocycles. The molecule has 6 atom stereocenters. The van der Waals surface area contributed by atoms with Gasteiger partial charge in [0.2, 0.25) is 0 Å². The standard InChI is InChI=1S/C36H46N4O5S2/c1-23-7-13-30-25(17-23)15-16-46-36(30)21-40-19-27-8-12-29(27)32(44-3)6-4-5-24(2)20-47(43,39-35(42)37-28-10-11-28)38-34(41)26-9-14-33(45-22-36)31(40)18-26/h4,6-7,9,13-14,17-18,24,27-29,32H,5,8,10-12,15-16,19-22H2,1-3H3,(H2,37,38,39,41,42,43)/b6-4+/t24-,27-,29+,32-,36+,47-/m0/s1. The number of thioether (sulfide) groups is 1. The molecule has 2 N–H and O–H groups in total. The van der Waals surface area contributed by atoms with E-state index in [1.165, 1.54) is 16.7 Å². The Morgan fingerprint density at radius 2 is 2.02 bits per heavy atom. The van der Waals surface area contributed by atoms with Crippen LogP contribution in [0.15, 0.2) is 52.9 Å². The maximum atomic E-state index is 14.2. The number of urea groups is 1. The molecular formula is C36H46N4O5S2. The van der Waals surface area contributed by atoms with Gasteiger partial charge < -0.3 is 19.7 Å². The van der Waals surface area contributed by atoms with Crippen molar-refractivity contribution in [1.82, 2.24) is 10.0 Å². The van der Waals surface area contributed by atoms with E-state index in [0.29, 0.717) is 30.4 Å². The molecule has 0 aromatic heterocycles. The topological polar surface area (TPSA) is 109 Å². The Hall–Kier alpha value is -3.02. The summed E-state index contributed by atoms with van der Waals surface area (Å²) in [7, 11) is -1.63. The van der Waals surface area contributed by atoms with Crippen molar-refractivity contribution in [2.45, 2.75) is 69.3 Å². The minimum absolute atomic E-state index is 0.0253. The average Bonchev–Trinajstić information content (AvgIpc) is 3.85. The molecule has 3 amide bonds. The summed E-state index contributed by atoms with van der Waals surface area (Å²) < 4.78 is 33.5. The molecule has 2 saturated carbocycles. The van der Waals surface area contributed by atoms with Gasteiger partial charge in [-0.1, -0.05) is 42.8 Å². The van der Waals surface area contributed by atoms with E-state index in [-0.39, 0.29) is 28.6 Å². The number of nitrogens with one attached hydrogen (secondary N) is 2. The Bertz CT molecular complexity index is 1700. The van der Waals surface area contributed by atoms with Crippen molar-refractivity contribution in [2.75, 3.05) is 43.2 Å². The Morgan fingerprint density at radius 1 is 1.17 bits per heavy atom. The molecule has 0 radical (unpaired) electrons. The van der Waals surface area contributed by atoms with Crippen LogP contribution in [0.2, 0.25) is 0 Å². The molecule has 252 valence electrons. The Morgan fingerprint density at radius 3 is 2.79 bits per heavy atom. The van der Waals surface area contributed by atoms with Crippen molar-refractivity contribution in [3.63, 3.8) is 0 Å². The lowest BCUT2D eigenvalue weighted by molar-refractivity contribution is 0.0134. The molecule has 0 unspecified atom stereocenters. The van der Waals surface area contributed by atoms with Gasteiger partial charge in [-0.3, -0.25) is 9.52 Å². The third kappa shape index (κ3) is 6.94. The first-order chi connectivity index (χ1) is 22.6. The number of benzene rings is 2. The molecule has 2 fully saturated rings. The predicted octanol–water partition coefficient (Wildman–Crippen LogP) is 6.00. The molecule has 2 aliphatic carbocycles. The number of methoxy groups -OCH3 is 1. The largest absolute Gasteiger partial charge is 0.490 e. The highest BCUT2D eigenvalue weighted by atomic mass is 32.2. The van der Waals surface area contributed by atoms with Crippen LogP contribution in [0.25, 0.3) is 0 Å². The minimum atomic E-state index is -3.41. The molecule has 2 aromatic rings. The first kappa shape index (κ1) is 32.5. The van der Waals surface area contributed by atoms with E-state index in [1.54, 1.807) is 13.2 Å². The fraction of sp³-hybridized carbons (Fsp3) is 0.556. The molecule has 2 bridgehead atoms. The summed E-state index contributed by atoms with van der Waals surface area (Å²) in [5, 5.41) is 2.83. The third-order valence-electron chi connectivity index (χ3n) is 10.4. The van der Waals surface area contributed by atoms with E-state index in [0.717, 1.165) is 62.4 Å². The summed E-state index contributed by atoms with van der Waals surface area (Å²) >= 11 is 1.97. The quantitative estimate of drug-likeness (QED) is 0.384. The monoisotopic (exact) mass is 678 g/mol. The van der Waals surface area contributed by atoms with Gasteiger partial charge in [0, 0.05) is 31.8 Å². The van der Waals surface area contributed by atoms with Gasteiger partial charge >= 0.3 is 6.03 Å². The van der Waals surface area contributed by atoms with Gasteiger partial charge in [-0.05, 0) is 98.3 Å². The highest BCUT2D eigenvalue weighted by Gasteiger charge is 2.45. The first-order valence-corrected chi connectivity index (χ1v) is 19.6. The molecule has 9 nitrogen and oxygen atoms in total. The van der Waals surface area contributed by atoms with Gasteiger partial charge in [-0.15, -0.1) is 16.1 Å². The number of rotatable bonds is 3. The van der Waals surface area contributed by atoms with Crippen LogP contribution in [0.5, 0.6) is 5.75 Å². The molecule has 11 heteroatoms. The highest BCUT2D eigenvalue weighted by Crippen LogP contribution is 2.49. The number of carbonyl (C=O) groups is 2. The minimum Gasteiger partial charge on any atom is -0.490 e. The van der Waals surface area contributed by atoms with Gasteiger partial charge in [0.25, 0.3) is 5.91 Å².